The van der Waals surface area contributed by atoms with Crippen LogP contribution in [0.1, 0.15) is 29.2 Å². The molecule has 192 valence electrons. The van der Waals surface area contributed by atoms with Crippen molar-refractivity contribution in [3.05, 3.63) is 142 Å². The van der Waals surface area contributed by atoms with Crippen molar-refractivity contribution in [1.29, 1.82) is 0 Å². The molecule has 5 nitrogen and oxygen atoms in total. The third kappa shape index (κ3) is 4.87. The lowest BCUT2D eigenvalue weighted by molar-refractivity contribution is 0.415. The van der Waals surface area contributed by atoms with E-state index in [0.717, 1.165) is 45.1 Å². The molecule has 1 aliphatic rings. The lowest BCUT2D eigenvalue weighted by Gasteiger charge is -2.23. The van der Waals surface area contributed by atoms with E-state index in [-0.39, 0.29) is 11.6 Å². The highest BCUT2D eigenvalue weighted by Gasteiger charge is 2.32. The molecule has 39 heavy (non-hydrogen) atoms. The Morgan fingerprint density at radius 3 is 2.13 bits per heavy atom. The number of anilines is 1. The van der Waals surface area contributed by atoms with E-state index >= 15 is 0 Å². The first-order valence-corrected chi connectivity index (χ1v) is 13.1. The molecule has 6 rings (SSSR count). The summed E-state index contributed by atoms with van der Waals surface area (Å²) in [4.78, 5) is 17.0. The van der Waals surface area contributed by atoms with Crippen LogP contribution in [0.5, 0.6) is 5.75 Å². The zero-order valence-electron chi connectivity index (χ0n) is 22.0. The average molecular weight is 512 g/mol. The highest BCUT2D eigenvalue weighted by atomic mass is 16.5. The number of para-hydroxylation sites is 1. The molecule has 4 aromatic carbocycles. The summed E-state index contributed by atoms with van der Waals surface area (Å²) in [5.41, 5.74) is 8.01. The molecule has 0 amide bonds. The molecule has 5 heteroatoms. The Morgan fingerprint density at radius 2 is 1.46 bits per heavy atom. The van der Waals surface area contributed by atoms with E-state index in [1.807, 2.05) is 77.8 Å². The summed E-state index contributed by atoms with van der Waals surface area (Å²) >= 11 is 0. The van der Waals surface area contributed by atoms with Crippen molar-refractivity contribution in [2.24, 2.45) is 5.10 Å². The van der Waals surface area contributed by atoms with Crippen molar-refractivity contribution in [2.45, 2.75) is 19.4 Å². The first kappa shape index (κ1) is 24.4. The van der Waals surface area contributed by atoms with Gasteiger partial charge in [0.15, 0.2) is 0 Å². The Balaban J connectivity index is 1.52. The van der Waals surface area contributed by atoms with Crippen LogP contribution in [0, 0.1) is 6.92 Å². The molecule has 0 fully saturated rings. The van der Waals surface area contributed by atoms with Crippen LogP contribution < -0.4 is 15.3 Å². The van der Waals surface area contributed by atoms with Crippen molar-refractivity contribution in [3.63, 3.8) is 0 Å². The lowest BCUT2D eigenvalue weighted by Crippen LogP contribution is -2.20. The van der Waals surface area contributed by atoms with Gasteiger partial charge < -0.3 is 9.72 Å². The molecular weight excluding hydrogens is 482 g/mol. The number of benzene rings is 4. The number of H-pyrrole nitrogens is 1. The number of rotatable bonds is 6. The predicted octanol–water partition coefficient (Wildman–Crippen LogP) is 7.38. The largest absolute Gasteiger partial charge is 0.497 e. The molecule has 1 N–H and O–H groups in total. The van der Waals surface area contributed by atoms with E-state index in [0.29, 0.717) is 12.0 Å². The number of aromatic nitrogens is 1. The summed E-state index contributed by atoms with van der Waals surface area (Å²) in [7, 11) is 1.65. The second kappa shape index (κ2) is 10.5. The van der Waals surface area contributed by atoms with Crippen molar-refractivity contribution in [3.8, 4) is 28.1 Å². The second-order valence-electron chi connectivity index (χ2n) is 9.75. The van der Waals surface area contributed by atoms with Crippen LogP contribution in [0.4, 0.5) is 5.69 Å². The molecule has 5 aromatic rings. The van der Waals surface area contributed by atoms with E-state index in [1.54, 1.807) is 7.11 Å². The zero-order valence-corrected chi connectivity index (χ0v) is 22.0. The number of hydrogen-bond acceptors (Lipinski definition) is 4. The quantitative estimate of drug-likeness (QED) is 0.259. The van der Waals surface area contributed by atoms with E-state index < -0.39 is 0 Å². The van der Waals surface area contributed by atoms with Crippen LogP contribution >= 0.6 is 0 Å². The van der Waals surface area contributed by atoms with Gasteiger partial charge in [0, 0.05) is 12.1 Å². The molecule has 0 aliphatic carbocycles. The summed E-state index contributed by atoms with van der Waals surface area (Å²) in [6, 6.07) is 38.5. The van der Waals surface area contributed by atoms with Gasteiger partial charge in [-0.2, -0.15) is 5.10 Å². The predicted molar refractivity (Wildman–Crippen MR) is 158 cm³/mol. The van der Waals surface area contributed by atoms with Crippen molar-refractivity contribution in [1.82, 2.24) is 4.98 Å². The van der Waals surface area contributed by atoms with Crippen LogP contribution in [0.2, 0.25) is 0 Å². The summed E-state index contributed by atoms with van der Waals surface area (Å²) < 4.78 is 5.39. The van der Waals surface area contributed by atoms with Gasteiger partial charge in [-0.25, -0.2) is 0 Å². The maximum absolute atomic E-state index is 13.9. The highest BCUT2D eigenvalue weighted by molar-refractivity contribution is 6.08. The van der Waals surface area contributed by atoms with Gasteiger partial charge in [0.1, 0.15) is 5.75 Å². The van der Waals surface area contributed by atoms with E-state index in [2.05, 4.69) is 54.4 Å². The van der Waals surface area contributed by atoms with Crippen LogP contribution in [0.25, 0.3) is 22.4 Å². The lowest BCUT2D eigenvalue weighted by atomic mass is 9.92. The highest BCUT2D eigenvalue weighted by Crippen LogP contribution is 2.38. The minimum Gasteiger partial charge on any atom is -0.497 e. The number of nitrogens with zero attached hydrogens (tertiary/aromatic N) is 2. The summed E-state index contributed by atoms with van der Waals surface area (Å²) in [6.07, 6.45) is 0.606. The molecule has 0 radical (unpaired) electrons. The van der Waals surface area contributed by atoms with Gasteiger partial charge in [-0.1, -0.05) is 90.5 Å². The maximum Gasteiger partial charge on any atom is 0.258 e. The van der Waals surface area contributed by atoms with E-state index in [9.17, 15) is 4.79 Å². The van der Waals surface area contributed by atoms with Crippen molar-refractivity contribution < 1.29 is 4.74 Å². The normalized spacial score (nSPS) is 14.8. The van der Waals surface area contributed by atoms with E-state index in [4.69, 9.17) is 9.84 Å². The monoisotopic (exact) mass is 511 g/mol. The molecule has 1 aliphatic heterocycles. The van der Waals surface area contributed by atoms with Gasteiger partial charge in [-0.05, 0) is 59.5 Å². The molecule has 0 saturated heterocycles. The summed E-state index contributed by atoms with van der Waals surface area (Å²) in [6.45, 7) is 2.05. The Morgan fingerprint density at radius 1 is 0.821 bits per heavy atom. The van der Waals surface area contributed by atoms with Gasteiger partial charge in [0.2, 0.25) is 0 Å². The smallest absolute Gasteiger partial charge is 0.258 e. The minimum atomic E-state index is -0.153. The number of aromatic amines is 1. The number of pyridine rings is 1. The number of hydrazone groups is 1. The third-order valence-electron chi connectivity index (χ3n) is 7.20. The Kier molecular flexibility index (Phi) is 6.55. The topological polar surface area (TPSA) is 57.7 Å². The SMILES string of the molecule is COc1ccc(-c2cc(-c3ccc(C)cc3)[nH]c(=O)c2C2=NN(c3ccccc3)C(c3ccccc3)C2)cc1. The number of methoxy groups -OCH3 is 1. The fourth-order valence-electron chi connectivity index (χ4n) is 5.15. The minimum absolute atomic E-state index is 0.0245. The maximum atomic E-state index is 13.9. The van der Waals surface area contributed by atoms with Crippen molar-refractivity contribution in [2.75, 3.05) is 12.1 Å². The summed E-state index contributed by atoms with van der Waals surface area (Å²) in [5, 5.41) is 7.12. The van der Waals surface area contributed by atoms with Crippen LogP contribution in [-0.2, 0) is 0 Å². The molecule has 0 spiro atoms. The number of ether oxygens (including phenoxy) is 1. The van der Waals surface area contributed by atoms with Gasteiger partial charge in [0.25, 0.3) is 5.56 Å². The Bertz CT molecular complexity index is 1670. The summed E-state index contributed by atoms with van der Waals surface area (Å²) in [5.74, 6) is 0.765. The van der Waals surface area contributed by atoms with Gasteiger partial charge >= 0.3 is 0 Å². The molecule has 1 aromatic heterocycles. The van der Waals surface area contributed by atoms with Gasteiger partial charge in [-0.3, -0.25) is 9.80 Å². The van der Waals surface area contributed by atoms with Gasteiger partial charge in [-0.15, -0.1) is 0 Å². The number of hydrogen-bond donors (Lipinski definition) is 1. The number of aryl methyl sites for hydroxylation is 1. The van der Waals surface area contributed by atoms with Crippen LogP contribution in [0.15, 0.2) is 125 Å². The third-order valence-corrected chi connectivity index (χ3v) is 7.20. The first-order valence-electron chi connectivity index (χ1n) is 13.1. The van der Waals surface area contributed by atoms with Crippen molar-refractivity contribution >= 4 is 11.4 Å². The first-order chi connectivity index (χ1) is 19.1. The molecule has 0 saturated carbocycles. The molecule has 1 unspecified atom stereocenters. The molecule has 0 bridgehead atoms. The Labute approximate surface area is 228 Å². The molecule has 2 heterocycles. The fraction of sp³-hybridized carbons (Fsp3) is 0.118. The second-order valence-corrected chi connectivity index (χ2v) is 9.75. The average Bonchev–Trinajstić information content (AvgIpc) is 3.43. The Hall–Kier alpha value is -4.90. The number of nitrogens with one attached hydrogen (secondary N) is 1. The van der Waals surface area contributed by atoms with Gasteiger partial charge in [0.05, 0.1) is 30.1 Å². The van der Waals surface area contributed by atoms with E-state index in [1.165, 1.54) is 5.56 Å². The zero-order chi connectivity index (χ0) is 26.8. The molecule has 1 atom stereocenters. The fourth-order valence-corrected chi connectivity index (χ4v) is 5.15. The van der Waals surface area contributed by atoms with Crippen LogP contribution in [-0.4, -0.2) is 17.8 Å². The van der Waals surface area contributed by atoms with Crippen LogP contribution in [0.3, 0.4) is 0 Å². The standard InChI is InChI=1S/C34H29N3O2/c1-23-13-15-25(16-14-23)30-21-29(24-17-19-28(39-2)20-18-24)33(34(38)35-30)31-22-32(26-9-5-3-6-10-26)37(36-31)27-11-7-4-8-12-27/h3-21,32H,22H2,1-2H3,(H,35,38). The molecular formula is C34H29N3O2.